The monoisotopic (exact) mass is 571 g/mol. The molecule has 2 unspecified atom stereocenters. The van der Waals surface area contributed by atoms with Crippen molar-refractivity contribution in [2.45, 2.75) is 35.8 Å². The number of carbonyl (C=O) groups excluding carboxylic acids is 3. The van der Waals surface area contributed by atoms with Crippen LogP contribution in [-0.4, -0.2) is 112 Å². The first-order chi connectivity index (χ1) is 19.1. The third kappa shape index (κ3) is 4.52. The van der Waals surface area contributed by atoms with Crippen LogP contribution < -0.4 is 10.1 Å². The van der Waals surface area contributed by atoms with E-state index in [1.165, 1.54) is 30.3 Å². The molecule has 13 nitrogen and oxygen atoms in total. The Morgan fingerprint density at radius 3 is 2.41 bits per heavy atom. The van der Waals surface area contributed by atoms with Crippen molar-refractivity contribution in [3.05, 3.63) is 64.5 Å². The van der Waals surface area contributed by atoms with Gasteiger partial charge in [0, 0.05) is 30.8 Å². The molecule has 0 aliphatic carbocycles. The van der Waals surface area contributed by atoms with E-state index in [1.807, 2.05) is 5.32 Å². The van der Waals surface area contributed by atoms with Crippen molar-refractivity contribution in [3.63, 3.8) is 0 Å². The van der Waals surface area contributed by atoms with Crippen LogP contribution in [0.1, 0.15) is 27.0 Å². The Balaban J connectivity index is 1.45. The average molecular weight is 571 g/mol. The summed E-state index contributed by atoms with van der Waals surface area (Å²) >= 11 is 0. The summed E-state index contributed by atoms with van der Waals surface area (Å²) in [7, 11) is 1.74. The minimum absolute atomic E-state index is 0.0104. The second-order valence-corrected chi connectivity index (χ2v) is 10.7. The lowest BCUT2D eigenvalue weighted by Gasteiger charge is -2.53. The van der Waals surface area contributed by atoms with Gasteiger partial charge in [0.05, 0.1) is 25.3 Å². The molecule has 3 aliphatic heterocycles. The largest absolute Gasteiger partial charge is 0.435 e. The molecule has 216 valence electrons. The molecule has 0 spiro atoms. The van der Waals surface area contributed by atoms with Crippen LogP contribution in [0.5, 0.6) is 5.75 Å². The number of carbonyl (C=O) groups is 3. The third-order valence-electron chi connectivity index (χ3n) is 8.08. The van der Waals surface area contributed by atoms with Crippen molar-refractivity contribution >= 4 is 33.4 Å². The number of nitrogens with zero attached hydrogens (tertiary/aromatic N) is 2. The van der Waals surface area contributed by atoms with E-state index in [4.69, 9.17) is 9.47 Å². The predicted molar refractivity (Wildman–Crippen MR) is 141 cm³/mol. The fraction of sp³-hybridized carbons (Fsp3) is 0.400. The van der Waals surface area contributed by atoms with Crippen molar-refractivity contribution < 1.29 is 53.8 Å². The van der Waals surface area contributed by atoms with E-state index < -0.39 is 58.3 Å². The fourth-order valence-electron chi connectivity index (χ4n) is 5.36. The molecular weight excluding hydrogens is 543 g/mol. The van der Waals surface area contributed by atoms with Crippen LogP contribution in [0, 0.1) is 5.82 Å². The number of rotatable bonds is 6. The molecule has 2 aromatic carbocycles. The van der Waals surface area contributed by atoms with Gasteiger partial charge in [0.1, 0.15) is 17.0 Å². The van der Waals surface area contributed by atoms with E-state index >= 15 is 0 Å². The van der Waals surface area contributed by atoms with E-state index in [1.54, 1.807) is 0 Å². The lowest BCUT2D eigenvalue weighted by atomic mass is 9.55. The van der Waals surface area contributed by atoms with E-state index in [-0.39, 0.29) is 16.9 Å². The lowest BCUT2D eigenvalue weighted by Crippen LogP contribution is -2.86. The number of amides is 3. The smallest absolute Gasteiger partial charge is 0.354 e. The minimum Gasteiger partial charge on any atom is -0.435 e. The summed E-state index contributed by atoms with van der Waals surface area (Å²) in [5.41, 5.74) is -5.55. The molecule has 2 fully saturated rings. The molecule has 0 aromatic heterocycles. The molecule has 2 aromatic rings. The number of nitrogens with one attached hydrogen (secondary N) is 1. The standard InChI is InChI=1S/C25H28B2FN3O10/c26-22(20(33)29-21(34)23(27,35)25(22,38)39)31-12-15-14(19(31)32)2-1-3-18(15)41-24(36,37)16-10-13(4-5-17(16)28)11-30-6-8-40-9-7-30/h1-5,10,35-39H,6-9,11-12,26-27H2,(H,29,33,34). The zero-order valence-electron chi connectivity index (χ0n) is 22.3. The second kappa shape index (κ2) is 9.87. The van der Waals surface area contributed by atoms with Gasteiger partial charge in [0.15, 0.2) is 21.2 Å². The van der Waals surface area contributed by atoms with Crippen molar-refractivity contribution in [1.82, 2.24) is 15.1 Å². The predicted octanol–water partition coefficient (Wildman–Crippen LogP) is -4.22. The molecule has 0 radical (unpaired) electrons. The topological polar surface area (TPSA) is 189 Å². The number of fused-ring (bicyclic) bond motifs is 1. The maximum atomic E-state index is 14.8. The second-order valence-electron chi connectivity index (χ2n) is 10.7. The summed E-state index contributed by atoms with van der Waals surface area (Å²) in [5, 5.41) is 55.9. The van der Waals surface area contributed by atoms with E-state index in [2.05, 4.69) is 4.90 Å². The Morgan fingerprint density at radius 1 is 1.05 bits per heavy atom. The summed E-state index contributed by atoms with van der Waals surface area (Å²) in [4.78, 5) is 41.2. The van der Waals surface area contributed by atoms with Crippen molar-refractivity contribution in [1.29, 1.82) is 0 Å². The van der Waals surface area contributed by atoms with Crippen LogP contribution in [0.4, 0.5) is 4.39 Å². The number of morpholine rings is 1. The molecule has 3 aliphatic rings. The highest BCUT2D eigenvalue weighted by molar-refractivity contribution is 6.40. The number of ether oxygens (including phenoxy) is 2. The van der Waals surface area contributed by atoms with Gasteiger partial charge in [-0.3, -0.25) is 24.6 Å². The number of imide groups is 1. The summed E-state index contributed by atoms with van der Waals surface area (Å²) in [6.07, 6.45) is 0. The molecule has 3 amide bonds. The van der Waals surface area contributed by atoms with Gasteiger partial charge in [0.25, 0.3) is 11.8 Å². The summed E-state index contributed by atoms with van der Waals surface area (Å²) in [6.45, 7) is 2.24. The Kier molecular flexibility index (Phi) is 7.02. The first kappa shape index (κ1) is 29.1. The molecule has 2 atom stereocenters. The van der Waals surface area contributed by atoms with Crippen LogP contribution in [-0.2, 0) is 33.4 Å². The van der Waals surface area contributed by atoms with Gasteiger partial charge >= 0.3 is 5.97 Å². The van der Waals surface area contributed by atoms with Crippen LogP contribution in [0.15, 0.2) is 36.4 Å². The maximum absolute atomic E-state index is 14.8. The molecule has 2 saturated heterocycles. The van der Waals surface area contributed by atoms with Gasteiger partial charge in [0.2, 0.25) is 11.7 Å². The highest BCUT2D eigenvalue weighted by Crippen LogP contribution is 2.43. The van der Waals surface area contributed by atoms with Crippen molar-refractivity contribution in [2.24, 2.45) is 0 Å². The quantitative estimate of drug-likeness (QED) is 0.112. The van der Waals surface area contributed by atoms with Gasteiger partial charge in [-0.2, -0.15) is 0 Å². The van der Waals surface area contributed by atoms with Crippen LogP contribution in [0.2, 0.25) is 0 Å². The highest BCUT2D eigenvalue weighted by atomic mass is 19.1. The maximum Gasteiger partial charge on any atom is 0.354 e. The van der Waals surface area contributed by atoms with Crippen LogP contribution in [0.25, 0.3) is 0 Å². The SMILES string of the molecule is BC1(O)C(=O)NC(=O)C(B)(N2Cc3c(OC(O)(O)c4cc(CN5CCOCC5)ccc4F)cccc3C2=O)C1(O)O. The Bertz CT molecular complexity index is 1430. The van der Waals surface area contributed by atoms with E-state index in [0.717, 1.165) is 26.7 Å². The normalized spacial score (nSPS) is 26.6. The Hall–Kier alpha value is -3.37. The van der Waals surface area contributed by atoms with Gasteiger partial charge in [-0.05, 0) is 29.8 Å². The molecule has 0 bridgehead atoms. The van der Waals surface area contributed by atoms with E-state index in [9.17, 15) is 44.3 Å². The number of aliphatic hydroxyl groups is 5. The van der Waals surface area contributed by atoms with Gasteiger partial charge in [-0.1, -0.05) is 12.1 Å². The van der Waals surface area contributed by atoms with Crippen LogP contribution in [0.3, 0.4) is 0 Å². The molecule has 5 rings (SSSR count). The first-order valence-electron chi connectivity index (χ1n) is 12.8. The lowest BCUT2D eigenvalue weighted by molar-refractivity contribution is -0.306. The minimum atomic E-state index is -3.43. The Labute approximate surface area is 234 Å². The Morgan fingerprint density at radius 2 is 1.73 bits per heavy atom. The van der Waals surface area contributed by atoms with Crippen LogP contribution >= 0.6 is 0 Å². The molecular formula is C25H28B2FN3O10. The summed E-state index contributed by atoms with van der Waals surface area (Å²) in [5.74, 6) is -11.4. The van der Waals surface area contributed by atoms with Gasteiger partial charge in [-0.25, -0.2) is 4.39 Å². The molecule has 0 saturated carbocycles. The number of halogens is 1. The number of benzene rings is 2. The molecule has 6 N–H and O–H groups in total. The fourth-order valence-corrected chi connectivity index (χ4v) is 5.36. The number of hydrogen-bond acceptors (Lipinski definition) is 11. The summed E-state index contributed by atoms with van der Waals surface area (Å²) < 4.78 is 25.6. The molecule has 41 heavy (non-hydrogen) atoms. The zero-order chi connectivity index (χ0) is 30.0. The molecule has 3 heterocycles. The van der Waals surface area contributed by atoms with Crippen molar-refractivity contribution in [2.75, 3.05) is 26.3 Å². The summed E-state index contributed by atoms with van der Waals surface area (Å²) in [6, 6.07) is 7.78. The zero-order valence-corrected chi connectivity index (χ0v) is 22.3. The van der Waals surface area contributed by atoms with Crippen molar-refractivity contribution in [3.8, 4) is 5.75 Å². The highest BCUT2D eigenvalue weighted by Gasteiger charge is 2.71. The molecule has 16 heteroatoms. The third-order valence-corrected chi connectivity index (χ3v) is 8.08. The van der Waals surface area contributed by atoms with Gasteiger partial charge < -0.3 is 39.9 Å². The first-order valence-corrected chi connectivity index (χ1v) is 12.8. The van der Waals surface area contributed by atoms with Gasteiger partial charge in [-0.15, -0.1) is 0 Å². The number of piperidine rings is 1. The average Bonchev–Trinajstić information content (AvgIpc) is 3.26. The number of hydrogen-bond donors (Lipinski definition) is 6. The van der Waals surface area contributed by atoms with E-state index in [0.29, 0.717) is 38.4 Å².